The third-order valence-corrected chi connectivity index (χ3v) is 5.54. The van der Waals surface area contributed by atoms with Crippen molar-refractivity contribution in [3.05, 3.63) is 15.8 Å². The van der Waals surface area contributed by atoms with Gasteiger partial charge in [0.1, 0.15) is 0 Å². The number of rotatable bonds is 7. The first-order valence-corrected chi connectivity index (χ1v) is 8.47. The van der Waals surface area contributed by atoms with E-state index in [9.17, 15) is 8.42 Å². The van der Waals surface area contributed by atoms with Gasteiger partial charge in [0.25, 0.3) is 0 Å². The third-order valence-electron chi connectivity index (χ3n) is 2.64. The lowest BCUT2D eigenvalue weighted by Crippen LogP contribution is -2.32. The van der Waals surface area contributed by atoms with Gasteiger partial charge in [-0.25, -0.2) is 13.1 Å². The van der Waals surface area contributed by atoms with Gasteiger partial charge in [-0.05, 0) is 33.4 Å². The molecule has 1 aromatic rings. The summed E-state index contributed by atoms with van der Waals surface area (Å²) in [7, 11) is -1.53. The van der Waals surface area contributed by atoms with Gasteiger partial charge in [-0.1, -0.05) is 13.3 Å². The zero-order chi connectivity index (χ0) is 13.8. The number of aryl methyl sites for hydroxylation is 1. The molecule has 1 heterocycles. The summed E-state index contributed by atoms with van der Waals surface area (Å²) in [5, 5.41) is 3.03. The van der Waals surface area contributed by atoms with Crippen molar-refractivity contribution >= 4 is 21.4 Å². The molecule has 1 rings (SSSR count). The second-order valence-electron chi connectivity index (χ2n) is 4.47. The molecular weight excluding hydrogens is 268 g/mol. The van der Waals surface area contributed by atoms with E-state index in [2.05, 4.69) is 10.0 Å². The lowest BCUT2D eigenvalue weighted by atomic mass is 10.2. The fourth-order valence-electron chi connectivity index (χ4n) is 1.87. The zero-order valence-corrected chi connectivity index (χ0v) is 13.0. The second-order valence-corrected chi connectivity index (χ2v) is 7.50. The van der Waals surface area contributed by atoms with Gasteiger partial charge in [-0.2, -0.15) is 0 Å². The predicted octanol–water partition coefficient (Wildman–Crippen LogP) is 2.24. The largest absolute Gasteiger partial charge is 0.315 e. The Kier molecular flexibility index (Phi) is 5.78. The maximum Gasteiger partial charge on any atom is 0.241 e. The van der Waals surface area contributed by atoms with Crippen molar-refractivity contribution in [1.29, 1.82) is 0 Å². The number of thiophene rings is 1. The Balaban J connectivity index is 2.90. The first kappa shape index (κ1) is 15.6. The fraction of sp³-hybridized carbons (Fsp3) is 0.667. The first-order chi connectivity index (χ1) is 8.40. The second kappa shape index (κ2) is 6.65. The molecule has 0 fully saturated rings. The highest BCUT2D eigenvalue weighted by Gasteiger charge is 2.21. The van der Waals surface area contributed by atoms with Gasteiger partial charge >= 0.3 is 0 Å². The molecule has 18 heavy (non-hydrogen) atoms. The monoisotopic (exact) mass is 290 g/mol. The highest BCUT2D eigenvalue weighted by Crippen LogP contribution is 2.25. The van der Waals surface area contributed by atoms with Gasteiger partial charge in [-0.3, -0.25) is 0 Å². The molecule has 0 amide bonds. The van der Waals surface area contributed by atoms with Crippen LogP contribution >= 0.6 is 11.3 Å². The topological polar surface area (TPSA) is 58.2 Å². The van der Waals surface area contributed by atoms with Crippen LogP contribution in [-0.4, -0.2) is 21.5 Å². The van der Waals surface area contributed by atoms with Crippen molar-refractivity contribution in [3.8, 4) is 0 Å². The lowest BCUT2D eigenvalue weighted by Gasteiger charge is -2.12. The average molecular weight is 290 g/mol. The number of sulfonamides is 1. The Morgan fingerprint density at radius 1 is 1.44 bits per heavy atom. The van der Waals surface area contributed by atoms with E-state index in [1.54, 1.807) is 6.07 Å². The van der Waals surface area contributed by atoms with Crippen LogP contribution in [0.5, 0.6) is 0 Å². The lowest BCUT2D eigenvalue weighted by molar-refractivity contribution is 0.544. The van der Waals surface area contributed by atoms with E-state index < -0.39 is 10.0 Å². The van der Waals surface area contributed by atoms with Gasteiger partial charge in [0.15, 0.2) is 0 Å². The molecule has 0 spiro atoms. The van der Waals surface area contributed by atoms with E-state index in [1.165, 1.54) is 11.3 Å². The van der Waals surface area contributed by atoms with Gasteiger partial charge in [0, 0.05) is 22.3 Å². The molecule has 1 unspecified atom stereocenters. The molecule has 1 aromatic heterocycles. The average Bonchev–Trinajstić information content (AvgIpc) is 2.60. The van der Waals surface area contributed by atoms with E-state index in [0.29, 0.717) is 11.4 Å². The van der Waals surface area contributed by atoms with Crippen LogP contribution in [0.4, 0.5) is 0 Å². The van der Waals surface area contributed by atoms with Crippen LogP contribution in [0.3, 0.4) is 0 Å². The van der Waals surface area contributed by atoms with Gasteiger partial charge in [-0.15, -0.1) is 11.3 Å². The fourth-order valence-corrected chi connectivity index (χ4v) is 4.80. The van der Waals surface area contributed by atoms with E-state index in [0.717, 1.165) is 22.6 Å². The molecule has 0 saturated carbocycles. The summed E-state index contributed by atoms with van der Waals surface area (Å²) in [6, 6.07) is 1.74. The summed E-state index contributed by atoms with van der Waals surface area (Å²) in [5.74, 6) is 0. The minimum Gasteiger partial charge on any atom is -0.315 e. The van der Waals surface area contributed by atoms with Gasteiger partial charge in [0.05, 0.1) is 4.90 Å². The van der Waals surface area contributed by atoms with Crippen LogP contribution in [0.1, 0.15) is 36.4 Å². The van der Waals surface area contributed by atoms with Crippen molar-refractivity contribution in [2.75, 3.05) is 7.05 Å². The summed E-state index contributed by atoms with van der Waals surface area (Å²) < 4.78 is 27.2. The molecule has 0 aliphatic carbocycles. The molecule has 4 nitrogen and oxygen atoms in total. The highest BCUT2D eigenvalue weighted by atomic mass is 32.2. The van der Waals surface area contributed by atoms with Crippen LogP contribution in [-0.2, 0) is 16.6 Å². The first-order valence-electron chi connectivity index (χ1n) is 6.17. The molecule has 0 aromatic carbocycles. The summed E-state index contributed by atoms with van der Waals surface area (Å²) >= 11 is 1.52. The highest BCUT2D eigenvalue weighted by molar-refractivity contribution is 7.89. The number of nitrogens with one attached hydrogen (secondary N) is 2. The van der Waals surface area contributed by atoms with Crippen molar-refractivity contribution in [3.63, 3.8) is 0 Å². The predicted molar refractivity (Wildman–Crippen MR) is 76.5 cm³/mol. The Morgan fingerprint density at radius 2 is 2.11 bits per heavy atom. The van der Waals surface area contributed by atoms with E-state index >= 15 is 0 Å². The molecule has 6 heteroatoms. The van der Waals surface area contributed by atoms with Crippen LogP contribution in [0.15, 0.2) is 11.0 Å². The van der Waals surface area contributed by atoms with Crippen LogP contribution in [0, 0.1) is 6.92 Å². The molecular formula is C12H22N2O2S2. The molecule has 104 valence electrons. The molecule has 0 aliphatic rings. The standard InChI is InChI=1S/C12H22N2O2S2/c1-5-6-9(2)14-18(15,16)12-7-11(8-13-4)17-10(12)3/h7,9,13-14H,5-6,8H2,1-4H3. The molecule has 0 radical (unpaired) electrons. The van der Waals surface area contributed by atoms with Gasteiger partial charge < -0.3 is 5.32 Å². The van der Waals surface area contributed by atoms with Crippen molar-refractivity contribution in [2.24, 2.45) is 0 Å². The Labute approximate surface area is 114 Å². The summed E-state index contributed by atoms with van der Waals surface area (Å²) in [5.41, 5.74) is 0. The van der Waals surface area contributed by atoms with Crippen LogP contribution in [0.25, 0.3) is 0 Å². The maximum absolute atomic E-state index is 12.2. The third kappa shape index (κ3) is 4.05. The smallest absolute Gasteiger partial charge is 0.241 e. The minimum atomic E-state index is -3.38. The minimum absolute atomic E-state index is 0.0212. The molecule has 0 saturated heterocycles. The molecule has 0 bridgehead atoms. The summed E-state index contributed by atoms with van der Waals surface area (Å²) in [6.07, 6.45) is 1.82. The Morgan fingerprint density at radius 3 is 2.67 bits per heavy atom. The van der Waals surface area contributed by atoms with Gasteiger partial charge in [0.2, 0.25) is 10.0 Å². The van der Waals surface area contributed by atoms with E-state index in [-0.39, 0.29) is 6.04 Å². The molecule has 0 aliphatic heterocycles. The van der Waals surface area contributed by atoms with Crippen molar-refractivity contribution in [1.82, 2.24) is 10.0 Å². The molecule has 1 atom stereocenters. The Hall–Kier alpha value is -0.430. The zero-order valence-electron chi connectivity index (χ0n) is 11.4. The number of hydrogen-bond donors (Lipinski definition) is 2. The molecule has 2 N–H and O–H groups in total. The normalized spacial score (nSPS) is 13.8. The number of hydrogen-bond acceptors (Lipinski definition) is 4. The maximum atomic E-state index is 12.2. The van der Waals surface area contributed by atoms with Crippen LogP contribution in [0.2, 0.25) is 0 Å². The SMILES string of the molecule is CCCC(C)NS(=O)(=O)c1cc(CNC)sc1C. The quantitative estimate of drug-likeness (QED) is 0.809. The van der Waals surface area contributed by atoms with Crippen molar-refractivity contribution < 1.29 is 8.42 Å². The van der Waals surface area contributed by atoms with E-state index in [1.807, 2.05) is 27.8 Å². The summed E-state index contributed by atoms with van der Waals surface area (Å²) in [4.78, 5) is 2.30. The summed E-state index contributed by atoms with van der Waals surface area (Å²) in [6.45, 7) is 6.50. The van der Waals surface area contributed by atoms with Crippen molar-refractivity contribution in [2.45, 2.75) is 51.1 Å². The van der Waals surface area contributed by atoms with E-state index in [4.69, 9.17) is 0 Å². The Bertz CT molecular complexity index is 480. The van der Waals surface area contributed by atoms with Crippen LogP contribution < -0.4 is 10.0 Å².